The van der Waals surface area contributed by atoms with Crippen LogP contribution in [-0.2, 0) is 7.05 Å². The molecule has 0 saturated heterocycles. The van der Waals surface area contributed by atoms with E-state index in [9.17, 15) is 0 Å². The summed E-state index contributed by atoms with van der Waals surface area (Å²) < 4.78 is 1.75. The minimum Gasteiger partial charge on any atom is -0.383 e. The molecular formula is C18H19N3. The summed E-state index contributed by atoms with van der Waals surface area (Å²) in [5.41, 5.74) is 12.9. The minimum atomic E-state index is 0.697. The molecule has 0 unspecified atom stereocenters. The van der Waals surface area contributed by atoms with Gasteiger partial charge in [0.05, 0.1) is 5.56 Å². The number of aromatic nitrogens is 2. The predicted molar refractivity (Wildman–Crippen MR) is 88.0 cm³/mol. The van der Waals surface area contributed by atoms with Crippen LogP contribution in [0.2, 0.25) is 0 Å². The van der Waals surface area contributed by atoms with Gasteiger partial charge in [-0.1, -0.05) is 48.5 Å². The second-order valence-electron chi connectivity index (χ2n) is 5.36. The zero-order chi connectivity index (χ0) is 15.0. The molecule has 0 spiro atoms. The van der Waals surface area contributed by atoms with Gasteiger partial charge in [-0.15, -0.1) is 0 Å². The van der Waals surface area contributed by atoms with Crippen molar-refractivity contribution in [3.8, 4) is 22.4 Å². The van der Waals surface area contributed by atoms with Crippen LogP contribution in [0, 0.1) is 13.8 Å². The highest BCUT2D eigenvalue weighted by Gasteiger charge is 2.19. The van der Waals surface area contributed by atoms with E-state index in [4.69, 9.17) is 5.73 Å². The molecule has 0 saturated carbocycles. The fourth-order valence-corrected chi connectivity index (χ4v) is 2.68. The number of hydrogen-bond acceptors (Lipinski definition) is 2. The third-order valence-electron chi connectivity index (χ3n) is 3.91. The number of rotatable bonds is 2. The van der Waals surface area contributed by atoms with E-state index < -0.39 is 0 Å². The molecule has 0 radical (unpaired) electrons. The van der Waals surface area contributed by atoms with Gasteiger partial charge in [-0.3, -0.25) is 4.68 Å². The van der Waals surface area contributed by atoms with E-state index >= 15 is 0 Å². The summed E-state index contributed by atoms with van der Waals surface area (Å²) in [4.78, 5) is 0. The van der Waals surface area contributed by atoms with E-state index in [1.807, 2.05) is 31.3 Å². The SMILES string of the molecule is Cc1ccccc1-c1nn(C)c(N)c1-c1ccccc1C. The van der Waals surface area contributed by atoms with Crippen LogP contribution < -0.4 is 5.73 Å². The topological polar surface area (TPSA) is 43.8 Å². The Balaban J connectivity index is 2.32. The molecule has 0 bridgehead atoms. The molecule has 3 nitrogen and oxygen atoms in total. The van der Waals surface area contributed by atoms with Gasteiger partial charge in [0.25, 0.3) is 0 Å². The van der Waals surface area contributed by atoms with Crippen LogP contribution in [-0.4, -0.2) is 9.78 Å². The smallest absolute Gasteiger partial charge is 0.129 e. The third-order valence-corrected chi connectivity index (χ3v) is 3.91. The molecule has 0 fully saturated rings. The van der Waals surface area contributed by atoms with Crippen molar-refractivity contribution < 1.29 is 0 Å². The summed E-state index contributed by atoms with van der Waals surface area (Å²) in [6.45, 7) is 4.20. The van der Waals surface area contributed by atoms with Crippen molar-refractivity contribution in [2.75, 3.05) is 5.73 Å². The highest BCUT2D eigenvalue weighted by Crippen LogP contribution is 2.38. The largest absolute Gasteiger partial charge is 0.383 e. The Morgan fingerprint density at radius 1 is 0.857 bits per heavy atom. The number of anilines is 1. The Hall–Kier alpha value is -2.55. The molecule has 0 aliphatic carbocycles. The number of nitrogens with two attached hydrogens (primary N) is 1. The molecule has 2 N–H and O–H groups in total. The van der Waals surface area contributed by atoms with Crippen LogP contribution in [0.25, 0.3) is 22.4 Å². The fraction of sp³-hybridized carbons (Fsp3) is 0.167. The zero-order valence-corrected chi connectivity index (χ0v) is 12.6. The molecule has 0 amide bonds. The maximum absolute atomic E-state index is 6.29. The lowest BCUT2D eigenvalue weighted by Crippen LogP contribution is -1.98. The fourth-order valence-electron chi connectivity index (χ4n) is 2.68. The molecular weight excluding hydrogens is 258 g/mol. The van der Waals surface area contributed by atoms with Crippen molar-refractivity contribution in [1.29, 1.82) is 0 Å². The summed E-state index contributed by atoms with van der Waals surface area (Å²) >= 11 is 0. The number of benzene rings is 2. The summed E-state index contributed by atoms with van der Waals surface area (Å²) in [6, 6.07) is 16.6. The third kappa shape index (κ3) is 2.21. The Morgan fingerprint density at radius 3 is 1.95 bits per heavy atom. The Labute approximate surface area is 125 Å². The van der Waals surface area contributed by atoms with Crippen LogP contribution in [0.5, 0.6) is 0 Å². The first-order valence-corrected chi connectivity index (χ1v) is 7.04. The van der Waals surface area contributed by atoms with Gasteiger partial charge in [-0.2, -0.15) is 5.10 Å². The van der Waals surface area contributed by atoms with Gasteiger partial charge in [-0.05, 0) is 30.5 Å². The van der Waals surface area contributed by atoms with Crippen LogP contribution in [0.1, 0.15) is 11.1 Å². The molecule has 3 heteroatoms. The summed E-state index contributed by atoms with van der Waals surface area (Å²) in [7, 11) is 1.89. The molecule has 0 atom stereocenters. The van der Waals surface area contributed by atoms with Crippen molar-refractivity contribution in [2.45, 2.75) is 13.8 Å². The first kappa shape index (κ1) is 13.4. The van der Waals surface area contributed by atoms with Gasteiger partial charge in [0, 0.05) is 12.6 Å². The van der Waals surface area contributed by atoms with E-state index in [1.54, 1.807) is 4.68 Å². The average Bonchev–Trinajstić information content (AvgIpc) is 2.76. The minimum absolute atomic E-state index is 0.697. The molecule has 3 aromatic rings. The molecule has 21 heavy (non-hydrogen) atoms. The van der Waals surface area contributed by atoms with E-state index in [-0.39, 0.29) is 0 Å². The van der Waals surface area contributed by atoms with Crippen molar-refractivity contribution in [3.05, 3.63) is 59.7 Å². The van der Waals surface area contributed by atoms with E-state index in [0.29, 0.717) is 5.82 Å². The maximum Gasteiger partial charge on any atom is 0.129 e. The standard InChI is InChI=1S/C18H19N3/c1-12-8-4-6-10-14(12)16-17(20-21(3)18(16)19)15-11-7-5-9-13(15)2/h4-11H,19H2,1-3H3. The second-order valence-corrected chi connectivity index (χ2v) is 5.36. The van der Waals surface area contributed by atoms with Crippen LogP contribution in [0.4, 0.5) is 5.82 Å². The van der Waals surface area contributed by atoms with Crippen molar-refractivity contribution in [2.24, 2.45) is 7.05 Å². The molecule has 2 aromatic carbocycles. The van der Waals surface area contributed by atoms with Crippen molar-refractivity contribution in [3.63, 3.8) is 0 Å². The number of hydrogen-bond donors (Lipinski definition) is 1. The molecule has 1 heterocycles. The van der Waals surface area contributed by atoms with Crippen molar-refractivity contribution >= 4 is 5.82 Å². The highest BCUT2D eigenvalue weighted by molar-refractivity contribution is 5.90. The van der Waals surface area contributed by atoms with Gasteiger partial charge >= 0.3 is 0 Å². The molecule has 106 valence electrons. The summed E-state index contributed by atoms with van der Waals surface area (Å²) in [5, 5.41) is 4.65. The first-order chi connectivity index (χ1) is 10.1. The van der Waals surface area contributed by atoms with Gasteiger partial charge in [-0.25, -0.2) is 0 Å². The van der Waals surface area contributed by atoms with Crippen LogP contribution >= 0.6 is 0 Å². The lowest BCUT2D eigenvalue weighted by atomic mass is 9.95. The van der Waals surface area contributed by atoms with Gasteiger partial charge < -0.3 is 5.73 Å². The average molecular weight is 277 g/mol. The lowest BCUT2D eigenvalue weighted by molar-refractivity contribution is 0.782. The number of nitrogen functional groups attached to an aromatic ring is 1. The molecule has 0 aliphatic rings. The quantitative estimate of drug-likeness (QED) is 0.770. The Morgan fingerprint density at radius 2 is 1.38 bits per heavy atom. The molecule has 1 aromatic heterocycles. The Kier molecular flexibility index (Phi) is 3.26. The normalized spacial score (nSPS) is 10.8. The maximum atomic E-state index is 6.29. The number of nitrogens with zero attached hydrogens (tertiary/aromatic N) is 2. The van der Waals surface area contributed by atoms with Crippen molar-refractivity contribution in [1.82, 2.24) is 9.78 Å². The summed E-state index contributed by atoms with van der Waals surface area (Å²) in [5.74, 6) is 0.697. The highest BCUT2D eigenvalue weighted by atomic mass is 15.3. The Bertz CT molecular complexity index is 800. The first-order valence-electron chi connectivity index (χ1n) is 7.04. The van der Waals surface area contributed by atoms with Gasteiger partial charge in [0.2, 0.25) is 0 Å². The van der Waals surface area contributed by atoms with Gasteiger partial charge in [0.1, 0.15) is 11.5 Å². The summed E-state index contributed by atoms with van der Waals surface area (Å²) in [6.07, 6.45) is 0. The molecule has 0 aliphatic heterocycles. The predicted octanol–water partition coefficient (Wildman–Crippen LogP) is 3.95. The monoisotopic (exact) mass is 277 g/mol. The lowest BCUT2D eigenvalue weighted by Gasteiger charge is -2.09. The second kappa shape index (κ2) is 5.09. The van der Waals surface area contributed by atoms with Gasteiger partial charge in [0.15, 0.2) is 0 Å². The molecule has 3 rings (SSSR count). The number of aryl methyl sites for hydroxylation is 3. The van der Waals surface area contributed by atoms with Crippen LogP contribution in [0.3, 0.4) is 0 Å². The zero-order valence-electron chi connectivity index (χ0n) is 12.6. The van der Waals surface area contributed by atoms with E-state index in [2.05, 4.69) is 43.2 Å². The van der Waals surface area contributed by atoms with Crippen LogP contribution in [0.15, 0.2) is 48.5 Å². The van der Waals surface area contributed by atoms with E-state index in [0.717, 1.165) is 22.4 Å². The van der Waals surface area contributed by atoms with E-state index in [1.165, 1.54) is 11.1 Å².